The molecule has 2 nitrogen and oxygen atoms in total. The Morgan fingerprint density at radius 1 is 1.24 bits per heavy atom. The topological polar surface area (TPSA) is 39.2 Å². The molecular weight excluding hydrogens is 210 g/mol. The molecule has 92 valence electrons. The van der Waals surface area contributed by atoms with E-state index in [1.54, 1.807) is 0 Å². The second-order valence-electron chi connectivity index (χ2n) is 5.26. The van der Waals surface area contributed by atoms with E-state index in [1.165, 1.54) is 22.1 Å². The summed E-state index contributed by atoms with van der Waals surface area (Å²) in [4.78, 5) is 0. The van der Waals surface area contributed by atoms with Crippen LogP contribution in [0.5, 0.6) is 0 Å². The minimum absolute atomic E-state index is 0.481. The molecule has 0 saturated heterocycles. The van der Waals surface area contributed by atoms with Gasteiger partial charge in [0.15, 0.2) is 0 Å². The predicted octanol–water partition coefficient (Wildman–Crippen LogP) is 3.71. The lowest BCUT2D eigenvalue weighted by molar-refractivity contribution is 0.534. The van der Waals surface area contributed by atoms with Crippen LogP contribution in [0.4, 0.5) is 0 Å². The molecule has 0 bridgehead atoms. The minimum atomic E-state index is 0.481. The molecule has 0 amide bonds. The van der Waals surface area contributed by atoms with Crippen molar-refractivity contribution >= 4 is 11.0 Å². The van der Waals surface area contributed by atoms with Crippen molar-refractivity contribution in [2.75, 3.05) is 0 Å². The zero-order valence-electron chi connectivity index (χ0n) is 11.1. The Hall–Kier alpha value is -1.28. The monoisotopic (exact) mass is 231 g/mol. The second-order valence-corrected chi connectivity index (χ2v) is 5.26. The highest BCUT2D eigenvalue weighted by Crippen LogP contribution is 2.31. The number of nitrogens with two attached hydrogens (primary N) is 1. The standard InChI is InChI=1S/C15H21NO/c1-9(2)5-12-13-7-10(3)6-11(4)15(13)17-14(12)8-16/h6-7,9H,5,8,16H2,1-4H3. The van der Waals surface area contributed by atoms with Crippen LogP contribution in [0, 0.1) is 19.8 Å². The Balaban J connectivity index is 2.69. The summed E-state index contributed by atoms with van der Waals surface area (Å²) in [5.41, 5.74) is 10.6. The van der Waals surface area contributed by atoms with Crippen molar-refractivity contribution in [1.82, 2.24) is 0 Å². The maximum Gasteiger partial charge on any atom is 0.137 e. The van der Waals surface area contributed by atoms with Crippen LogP contribution < -0.4 is 5.73 Å². The van der Waals surface area contributed by atoms with Gasteiger partial charge in [-0.3, -0.25) is 0 Å². The van der Waals surface area contributed by atoms with Gasteiger partial charge in [-0.25, -0.2) is 0 Å². The maximum absolute atomic E-state index is 5.91. The van der Waals surface area contributed by atoms with E-state index in [1.807, 2.05) is 0 Å². The minimum Gasteiger partial charge on any atom is -0.459 e. The molecule has 0 fully saturated rings. The van der Waals surface area contributed by atoms with Crippen molar-refractivity contribution in [3.05, 3.63) is 34.6 Å². The molecule has 0 aliphatic carbocycles. The molecule has 2 aromatic rings. The number of rotatable bonds is 3. The average Bonchev–Trinajstić information content (AvgIpc) is 2.56. The van der Waals surface area contributed by atoms with Crippen LogP contribution in [0.1, 0.15) is 36.3 Å². The highest BCUT2D eigenvalue weighted by atomic mass is 16.3. The van der Waals surface area contributed by atoms with Crippen molar-refractivity contribution in [2.24, 2.45) is 11.7 Å². The smallest absolute Gasteiger partial charge is 0.137 e. The lowest BCUT2D eigenvalue weighted by Crippen LogP contribution is -2.01. The fourth-order valence-electron chi connectivity index (χ4n) is 2.45. The van der Waals surface area contributed by atoms with Gasteiger partial charge >= 0.3 is 0 Å². The summed E-state index contributed by atoms with van der Waals surface area (Å²) in [5.74, 6) is 1.56. The Kier molecular flexibility index (Phi) is 3.25. The number of hydrogen-bond acceptors (Lipinski definition) is 2. The van der Waals surface area contributed by atoms with Gasteiger partial charge in [0.2, 0.25) is 0 Å². The molecule has 0 atom stereocenters. The number of furan rings is 1. The number of fused-ring (bicyclic) bond motifs is 1. The quantitative estimate of drug-likeness (QED) is 0.874. The van der Waals surface area contributed by atoms with Crippen LogP contribution in [0.2, 0.25) is 0 Å². The van der Waals surface area contributed by atoms with E-state index in [-0.39, 0.29) is 0 Å². The molecular formula is C15H21NO. The number of aryl methyl sites for hydroxylation is 2. The van der Waals surface area contributed by atoms with Crippen molar-refractivity contribution in [1.29, 1.82) is 0 Å². The largest absolute Gasteiger partial charge is 0.459 e. The zero-order valence-corrected chi connectivity index (χ0v) is 11.1. The first kappa shape index (κ1) is 12.2. The van der Waals surface area contributed by atoms with Crippen molar-refractivity contribution < 1.29 is 4.42 Å². The summed E-state index contributed by atoms with van der Waals surface area (Å²) < 4.78 is 5.91. The third kappa shape index (κ3) is 2.22. The van der Waals surface area contributed by atoms with Gasteiger partial charge in [-0.15, -0.1) is 0 Å². The van der Waals surface area contributed by atoms with Gasteiger partial charge in [-0.2, -0.15) is 0 Å². The first-order valence-electron chi connectivity index (χ1n) is 6.24. The molecule has 1 aromatic heterocycles. The Morgan fingerprint density at radius 3 is 2.53 bits per heavy atom. The van der Waals surface area contributed by atoms with E-state index < -0.39 is 0 Å². The predicted molar refractivity (Wildman–Crippen MR) is 72.1 cm³/mol. The average molecular weight is 231 g/mol. The number of benzene rings is 1. The third-order valence-corrected chi connectivity index (χ3v) is 3.10. The molecule has 0 aliphatic heterocycles. The lowest BCUT2D eigenvalue weighted by Gasteiger charge is -2.05. The van der Waals surface area contributed by atoms with E-state index in [9.17, 15) is 0 Å². The van der Waals surface area contributed by atoms with Gasteiger partial charge in [0.25, 0.3) is 0 Å². The fourth-order valence-corrected chi connectivity index (χ4v) is 2.45. The van der Waals surface area contributed by atoms with Crippen LogP contribution in [0.25, 0.3) is 11.0 Å². The normalized spacial score (nSPS) is 11.6. The maximum atomic E-state index is 5.91. The molecule has 2 heteroatoms. The Bertz CT molecular complexity index is 537. The van der Waals surface area contributed by atoms with Crippen LogP contribution in [0.3, 0.4) is 0 Å². The van der Waals surface area contributed by atoms with Crippen LogP contribution in [0.15, 0.2) is 16.5 Å². The van der Waals surface area contributed by atoms with Crippen LogP contribution >= 0.6 is 0 Å². The highest BCUT2D eigenvalue weighted by molar-refractivity contribution is 5.85. The first-order valence-corrected chi connectivity index (χ1v) is 6.24. The summed E-state index contributed by atoms with van der Waals surface area (Å²) in [7, 11) is 0. The Morgan fingerprint density at radius 2 is 1.94 bits per heavy atom. The van der Waals surface area contributed by atoms with Gasteiger partial charge < -0.3 is 10.2 Å². The van der Waals surface area contributed by atoms with E-state index in [0.29, 0.717) is 12.5 Å². The second kappa shape index (κ2) is 4.53. The molecule has 0 aliphatic rings. The molecule has 0 radical (unpaired) electrons. The van der Waals surface area contributed by atoms with Gasteiger partial charge in [0.1, 0.15) is 11.3 Å². The molecule has 0 saturated carbocycles. The van der Waals surface area contributed by atoms with E-state index in [0.717, 1.165) is 17.8 Å². The van der Waals surface area contributed by atoms with Crippen molar-refractivity contribution in [3.8, 4) is 0 Å². The zero-order chi connectivity index (χ0) is 12.6. The molecule has 1 aromatic carbocycles. The molecule has 1 heterocycles. The summed E-state index contributed by atoms with van der Waals surface area (Å²) >= 11 is 0. The SMILES string of the molecule is Cc1cc(C)c2oc(CN)c(CC(C)C)c2c1. The summed E-state index contributed by atoms with van der Waals surface area (Å²) in [6, 6.07) is 4.37. The van der Waals surface area contributed by atoms with Gasteiger partial charge in [0.05, 0.1) is 6.54 Å². The van der Waals surface area contributed by atoms with E-state index >= 15 is 0 Å². The van der Waals surface area contributed by atoms with Crippen LogP contribution in [-0.2, 0) is 13.0 Å². The lowest BCUT2D eigenvalue weighted by atomic mass is 9.98. The summed E-state index contributed by atoms with van der Waals surface area (Å²) in [6.07, 6.45) is 1.03. The summed E-state index contributed by atoms with van der Waals surface area (Å²) in [6.45, 7) is 9.15. The fraction of sp³-hybridized carbons (Fsp3) is 0.467. The van der Waals surface area contributed by atoms with Gasteiger partial charge in [0, 0.05) is 10.9 Å². The molecule has 2 N–H and O–H groups in total. The third-order valence-electron chi connectivity index (χ3n) is 3.10. The van der Waals surface area contributed by atoms with Crippen LogP contribution in [-0.4, -0.2) is 0 Å². The molecule has 0 unspecified atom stereocenters. The Labute approximate surface area is 103 Å². The van der Waals surface area contributed by atoms with E-state index in [4.69, 9.17) is 10.2 Å². The highest BCUT2D eigenvalue weighted by Gasteiger charge is 2.15. The van der Waals surface area contributed by atoms with E-state index in [2.05, 4.69) is 39.8 Å². The molecule has 0 spiro atoms. The van der Waals surface area contributed by atoms with Crippen molar-refractivity contribution in [3.63, 3.8) is 0 Å². The van der Waals surface area contributed by atoms with Gasteiger partial charge in [-0.1, -0.05) is 19.9 Å². The molecule has 17 heavy (non-hydrogen) atoms. The summed E-state index contributed by atoms with van der Waals surface area (Å²) in [5, 5.41) is 1.25. The van der Waals surface area contributed by atoms with Crippen molar-refractivity contribution in [2.45, 2.75) is 40.7 Å². The van der Waals surface area contributed by atoms with Gasteiger partial charge in [-0.05, 0) is 43.4 Å². The molecule has 2 rings (SSSR count). The number of hydrogen-bond donors (Lipinski definition) is 1. The first-order chi connectivity index (χ1) is 8.02.